The van der Waals surface area contributed by atoms with Crippen molar-refractivity contribution in [3.63, 3.8) is 0 Å². The molecule has 0 radical (unpaired) electrons. The van der Waals surface area contributed by atoms with Gasteiger partial charge in [-0.15, -0.1) is 0 Å². The second kappa shape index (κ2) is 5.54. The summed E-state index contributed by atoms with van der Waals surface area (Å²) >= 11 is 0. The molecule has 2 aliphatic heterocycles. The largest absolute Gasteiger partial charge is 0.458 e. The van der Waals surface area contributed by atoms with Gasteiger partial charge in [0.1, 0.15) is 6.10 Å². The molecule has 0 aromatic heterocycles. The van der Waals surface area contributed by atoms with Crippen LogP contribution >= 0.6 is 0 Å². The fourth-order valence-corrected chi connectivity index (χ4v) is 3.69. The second-order valence-electron chi connectivity index (χ2n) is 5.86. The van der Waals surface area contributed by atoms with E-state index in [1.807, 2.05) is 18.2 Å². The van der Waals surface area contributed by atoms with Gasteiger partial charge in [0.05, 0.1) is 12.2 Å². The smallest absolute Gasteiger partial charge is 0.338 e. The summed E-state index contributed by atoms with van der Waals surface area (Å²) in [6, 6.07) is 9.89. The van der Waals surface area contributed by atoms with E-state index in [9.17, 15) is 9.90 Å². The van der Waals surface area contributed by atoms with Crippen LogP contribution in [0.15, 0.2) is 30.3 Å². The average Bonchev–Trinajstić information content (AvgIpc) is 2.73. The molecule has 2 fully saturated rings. The van der Waals surface area contributed by atoms with Crippen LogP contribution < -0.4 is 0 Å². The lowest BCUT2D eigenvalue weighted by Gasteiger charge is -2.41. The summed E-state index contributed by atoms with van der Waals surface area (Å²) in [5.74, 6) is -0.246. The van der Waals surface area contributed by atoms with Crippen LogP contribution in [0.3, 0.4) is 0 Å². The molecular formula is C16H21NO3. The van der Waals surface area contributed by atoms with Gasteiger partial charge in [0, 0.05) is 24.4 Å². The van der Waals surface area contributed by atoms with Crippen molar-refractivity contribution in [2.24, 2.45) is 5.92 Å². The number of aliphatic hydroxyl groups is 1. The van der Waals surface area contributed by atoms with Gasteiger partial charge in [-0.25, -0.2) is 4.79 Å². The minimum Gasteiger partial charge on any atom is -0.458 e. The summed E-state index contributed by atoms with van der Waals surface area (Å²) in [6.45, 7) is 0.0778. The van der Waals surface area contributed by atoms with Crippen LogP contribution in [0.2, 0.25) is 0 Å². The number of carbonyl (C=O) groups is 1. The third-order valence-electron chi connectivity index (χ3n) is 4.85. The summed E-state index contributed by atoms with van der Waals surface area (Å²) in [7, 11) is 2.11. The van der Waals surface area contributed by atoms with Crippen LogP contribution in [0.25, 0.3) is 0 Å². The fourth-order valence-electron chi connectivity index (χ4n) is 3.69. The Kier molecular flexibility index (Phi) is 3.76. The van der Waals surface area contributed by atoms with Gasteiger partial charge >= 0.3 is 5.97 Å². The Balaban J connectivity index is 1.72. The maximum atomic E-state index is 12.2. The topological polar surface area (TPSA) is 49.8 Å². The molecule has 2 bridgehead atoms. The molecule has 2 aliphatic rings. The van der Waals surface area contributed by atoms with Crippen LogP contribution in [0.5, 0.6) is 0 Å². The van der Waals surface area contributed by atoms with Gasteiger partial charge in [0.2, 0.25) is 0 Å². The molecule has 2 heterocycles. The maximum Gasteiger partial charge on any atom is 0.338 e. The van der Waals surface area contributed by atoms with Gasteiger partial charge in [-0.2, -0.15) is 0 Å². The number of carbonyl (C=O) groups excluding carboxylic acids is 1. The quantitative estimate of drug-likeness (QED) is 0.853. The van der Waals surface area contributed by atoms with Crippen molar-refractivity contribution in [1.29, 1.82) is 0 Å². The number of fused-ring (bicyclic) bond motifs is 2. The molecule has 3 unspecified atom stereocenters. The van der Waals surface area contributed by atoms with E-state index >= 15 is 0 Å². The number of ether oxygens (including phenoxy) is 1. The predicted octanol–water partition coefficient (Wildman–Crippen LogP) is 1.69. The maximum absolute atomic E-state index is 12.2. The minimum atomic E-state index is -0.280. The number of nitrogens with zero attached hydrogens (tertiary/aromatic N) is 1. The number of piperidine rings is 1. The summed E-state index contributed by atoms with van der Waals surface area (Å²) < 4.78 is 5.68. The first-order valence-corrected chi connectivity index (χ1v) is 7.29. The number of esters is 1. The standard InChI is InChI=1S/C16H21NO3/c1-17-12-7-8-14(17)13(10-18)15(9-12)20-16(19)11-5-3-2-4-6-11/h2-6,12-15,18H,7-10H2,1H3/t12?,13?,14?,15-/m1/s1. The first-order chi connectivity index (χ1) is 9.70. The van der Waals surface area contributed by atoms with Gasteiger partial charge in [-0.3, -0.25) is 4.90 Å². The summed E-state index contributed by atoms with van der Waals surface area (Å²) in [6.07, 6.45) is 2.89. The zero-order valence-corrected chi connectivity index (χ0v) is 11.7. The van der Waals surface area contributed by atoms with E-state index in [2.05, 4.69) is 11.9 Å². The minimum absolute atomic E-state index is 0.0337. The normalized spacial score (nSPS) is 33.1. The van der Waals surface area contributed by atoms with Crippen molar-refractivity contribution in [3.05, 3.63) is 35.9 Å². The van der Waals surface area contributed by atoms with Crippen LogP contribution in [0.4, 0.5) is 0 Å². The van der Waals surface area contributed by atoms with Gasteiger partial charge < -0.3 is 9.84 Å². The number of aliphatic hydroxyl groups excluding tert-OH is 1. The van der Waals surface area contributed by atoms with E-state index in [-0.39, 0.29) is 24.6 Å². The van der Waals surface area contributed by atoms with E-state index in [1.54, 1.807) is 12.1 Å². The first kappa shape index (κ1) is 13.6. The number of hydrogen-bond acceptors (Lipinski definition) is 4. The molecule has 1 N–H and O–H groups in total. The third-order valence-corrected chi connectivity index (χ3v) is 4.85. The molecule has 0 saturated carbocycles. The van der Waals surface area contributed by atoms with Gasteiger partial charge in [-0.05, 0) is 32.0 Å². The predicted molar refractivity (Wildman–Crippen MR) is 75.4 cm³/mol. The molecule has 3 rings (SSSR count). The van der Waals surface area contributed by atoms with E-state index in [0.717, 1.165) is 19.3 Å². The highest BCUT2D eigenvalue weighted by molar-refractivity contribution is 5.89. The Morgan fingerprint density at radius 1 is 1.35 bits per heavy atom. The van der Waals surface area contributed by atoms with Crippen molar-refractivity contribution in [2.75, 3.05) is 13.7 Å². The number of benzene rings is 1. The van der Waals surface area contributed by atoms with E-state index < -0.39 is 0 Å². The molecule has 1 aromatic rings. The molecule has 4 heteroatoms. The Morgan fingerprint density at radius 3 is 2.80 bits per heavy atom. The molecule has 1 aromatic carbocycles. The summed E-state index contributed by atoms with van der Waals surface area (Å²) in [4.78, 5) is 14.5. The van der Waals surface area contributed by atoms with Crippen molar-refractivity contribution in [3.8, 4) is 0 Å². The summed E-state index contributed by atoms with van der Waals surface area (Å²) in [5, 5.41) is 9.66. The molecule has 0 spiro atoms. The van der Waals surface area contributed by atoms with Crippen molar-refractivity contribution < 1.29 is 14.6 Å². The van der Waals surface area contributed by atoms with Gasteiger partial charge in [-0.1, -0.05) is 18.2 Å². The lowest BCUT2D eigenvalue weighted by atomic mass is 9.88. The van der Waals surface area contributed by atoms with Crippen LogP contribution in [0, 0.1) is 5.92 Å². The van der Waals surface area contributed by atoms with Crippen molar-refractivity contribution in [1.82, 2.24) is 4.90 Å². The third kappa shape index (κ3) is 2.34. The highest BCUT2D eigenvalue weighted by Gasteiger charge is 2.46. The monoisotopic (exact) mass is 275 g/mol. The zero-order valence-electron chi connectivity index (χ0n) is 11.7. The molecule has 2 saturated heterocycles. The van der Waals surface area contributed by atoms with Crippen LogP contribution in [0.1, 0.15) is 29.6 Å². The van der Waals surface area contributed by atoms with E-state index in [4.69, 9.17) is 4.74 Å². The number of rotatable bonds is 3. The molecule has 4 atom stereocenters. The highest BCUT2D eigenvalue weighted by atomic mass is 16.5. The zero-order chi connectivity index (χ0) is 14.1. The average molecular weight is 275 g/mol. The van der Waals surface area contributed by atoms with Crippen LogP contribution in [-0.2, 0) is 4.74 Å². The Labute approximate surface area is 119 Å². The van der Waals surface area contributed by atoms with Crippen molar-refractivity contribution >= 4 is 5.97 Å². The SMILES string of the molecule is CN1C2CCC1C(CO)[C@H](OC(=O)c1ccccc1)C2. The Bertz CT molecular complexity index is 476. The molecule has 20 heavy (non-hydrogen) atoms. The molecular weight excluding hydrogens is 254 g/mol. The summed E-state index contributed by atoms with van der Waals surface area (Å²) in [5.41, 5.74) is 0.579. The lowest BCUT2D eigenvalue weighted by Crippen LogP contribution is -2.51. The first-order valence-electron chi connectivity index (χ1n) is 7.29. The lowest BCUT2D eigenvalue weighted by molar-refractivity contribution is -0.0493. The fraction of sp³-hybridized carbons (Fsp3) is 0.562. The van der Waals surface area contributed by atoms with E-state index in [0.29, 0.717) is 17.6 Å². The molecule has 0 amide bonds. The van der Waals surface area contributed by atoms with Crippen LogP contribution in [-0.4, -0.2) is 47.8 Å². The van der Waals surface area contributed by atoms with Gasteiger partial charge in [0.25, 0.3) is 0 Å². The Morgan fingerprint density at radius 2 is 2.10 bits per heavy atom. The Hall–Kier alpha value is -1.39. The second-order valence-corrected chi connectivity index (χ2v) is 5.86. The molecule has 108 valence electrons. The molecule has 0 aliphatic carbocycles. The van der Waals surface area contributed by atoms with Gasteiger partial charge in [0.15, 0.2) is 0 Å². The number of hydrogen-bond donors (Lipinski definition) is 1. The van der Waals surface area contributed by atoms with Crippen molar-refractivity contribution in [2.45, 2.75) is 37.5 Å². The molecule has 4 nitrogen and oxygen atoms in total. The highest BCUT2D eigenvalue weighted by Crippen LogP contribution is 2.39. The van der Waals surface area contributed by atoms with E-state index in [1.165, 1.54) is 0 Å².